The van der Waals surface area contributed by atoms with Gasteiger partial charge in [0.1, 0.15) is 17.2 Å². The van der Waals surface area contributed by atoms with Gasteiger partial charge in [-0.2, -0.15) is 5.26 Å². The van der Waals surface area contributed by atoms with E-state index in [4.69, 9.17) is 9.47 Å². The minimum Gasteiger partial charge on any atom is -0.480 e. The summed E-state index contributed by atoms with van der Waals surface area (Å²) in [5.74, 6) is 0.309. The SMILES string of the molecule is COc1nccc(N2CCOCC(O)(CN3CCCC3)C2)c1C#N. The highest BCUT2D eigenvalue weighted by molar-refractivity contribution is 5.63. The smallest absolute Gasteiger partial charge is 0.233 e. The predicted molar refractivity (Wildman–Crippen MR) is 89.2 cm³/mol. The van der Waals surface area contributed by atoms with Crippen molar-refractivity contribution in [2.75, 3.05) is 57.9 Å². The fourth-order valence-electron chi connectivity index (χ4n) is 3.53. The lowest BCUT2D eigenvalue weighted by atomic mass is 10.0. The molecule has 0 radical (unpaired) electrons. The van der Waals surface area contributed by atoms with Gasteiger partial charge in [-0.3, -0.25) is 0 Å². The molecule has 3 rings (SSSR count). The Labute approximate surface area is 142 Å². The van der Waals surface area contributed by atoms with Crippen LogP contribution in [-0.2, 0) is 4.74 Å². The first-order valence-corrected chi connectivity index (χ1v) is 8.36. The molecule has 2 aliphatic rings. The van der Waals surface area contributed by atoms with Crippen molar-refractivity contribution in [2.45, 2.75) is 18.4 Å². The van der Waals surface area contributed by atoms with Crippen molar-refractivity contribution < 1.29 is 14.6 Å². The number of β-amino-alcohol motifs (C(OH)–C–C–N with tert-alkyl or cyclic N) is 1. The van der Waals surface area contributed by atoms with Gasteiger partial charge in [-0.15, -0.1) is 0 Å². The molecular formula is C17H24N4O3. The summed E-state index contributed by atoms with van der Waals surface area (Å²) in [5.41, 5.74) is 0.171. The summed E-state index contributed by atoms with van der Waals surface area (Å²) in [6.07, 6.45) is 3.99. The number of pyridine rings is 1. The van der Waals surface area contributed by atoms with Gasteiger partial charge in [-0.05, 0) is 32.0 Å². The predicted octanol–water partition coefficient (Wildman–Crippen LogP) is 0.625. The second-order valence-electron chi connectivity index (χ2n) is 6.51. The highest BCUT2D eigenvalue weighted by atomic mass is 16.5. The number of aromatic nitrogens is 1. The Morgan fingerprint density at radius 2 is 2.21 bits per heavy atom. The number of hydrogen-bond donors (Lipinski definition) is 1. The van der Waals surface area contributed by atoms with Crippen LogP contribution in [0.25, 0.3) is 0 Å². The Kier molecular flexibility index (Phi) is 5.19. The average Bonchev–Trinajstić information content (AvgIpc) is 3.01. The third-order valence-electron chi connectivity index (χ3n) is 4.62. The lowest BCUT2D eigenvalue weighted by molar-refractivity contribution is -0.0439. The number of aliphatic hydroxyl groups is 1. The van der Waals surface area contributed by atoms with E-state index in [1.807, 2.05) is 4.90 Å². The molecule has 1 atom stereocenters. The standard InChI is InChI=1S/C17H24N4O3/c1-23-16-14(10-18)15(4-5-19-16)21-8-9-24-13-17(22,12-21)11-20-6-2-3-7-20/h4-5,22H,2-3,6-9,11-13H2,1H3. The van der Waals surface area contributed by atoms with E-state index in [-0.39, 0.29) is 0 Å². The van der Waals surface area contributed by atoms with Crippen molar-refractivity contribution in [1.29, 1.82) is 5.26 Å². The van der Waals surface area contributed by atoms with Gasteiger partial charge in [0.2, 0.25) is 5.88 Å². The molecule has 1 aromatic rings. The van der Waals surface area contributed by atoms with Crippen LogP contribution in [-0.4, -0.2) is 73.6 Å². The maximum atomic E-state index is 11.1. The van der Waals surface area contributed by atoms with Crippen LogP contribution < -0.4 is 9.64 Å². The molecular weight excluding hydrogens is 308 g/mol. The normalized spacial score (nSPS) is 25.3. The summed E-state index contributed by atoms with van der Waals surface area (Å²) in [7, 11) is 1.50. The molecule has 2 saturated heterocycles. The topological polar surface area (TPSA) is 81.9 Å². The van der Waals surface area contributed by atoms with Gasteiger partial charge < -0.3 is 24.4 Å². The first kappa shape index (κ1) is 17.0. The average molecular weight is 332 g/mol. The van der Waals surface area contributed by atoms with Gasteiger partial charge in [0.05, 0.1) is 32.6 Å². The van der Waals surface area contributed by atoms with Gasteiger partial charge in [0, 0.05) is 19.3 Å². The van der Waals surface area contributed by atoms with E-state index in [1.54, 1.807) is 12.3 Å². The van der Waals surface area contributed by atoms with E-state index in [2.05, 4.69) is 16.0 Å². The van der Waals surface area contributed by atoms with Crippen molar-refractivity contribution in [3.8, 4) is 11.9 Å². The monoisotopic (exact) mass is 332 g/mol. The van der Waals surface area contributed by atoms with E-state index in [9.17, 15) is 10.4 Å². The number of ether oxygens (including phenoxy) is 2. The molecule has 7 heteroatoms. The second kappa shape index (κ2) is 7.34. The van der Waals surface area contributed by atoms with Crippen LogP contribution in [0.5, 0.6) is 5.88 Å². The Morgan fingerprint density at radius 1 is 1.42 bits per heavy atom. The third-order valence-corrected chi connectivity index (χ3v) is 4.62. The molecule has 0 aliphatic carbocycles. The van der Waals surface area contributed by atoms with Crippen molar-refractivity contribution in [1.82, 2.24) is 9.88 Å². The molecule has 0 bridgehead atoms. The van der Waals surface area contributed by atoms with Crippen LogP contribution in [0, 0.1) is 11.3 Å². The molecule has 1 N–H and O–H groups in total. The molecule has 0 saturated carbocycles. The number of anilines is 1. The molecule has 0 amide bonds. The van der Waals surface area contributed by atoms with E-state index in [0.29, 0.717) is 44.3 Å². The van der Waals surface area contributed by atoms with Gasteiger partial charge in [0.25, 0.3) is 0 Å². The Morgan fingerprint density at radius 3 is 2.92 bits per heavy atom. The fourth-order valence-corrected chi connectivity index (χ4v) is 3.53. The molecule has 1 unspecified atom stereocenters. The van der Waals surface area contributed by atoms with Crippen molar-refractivity contribution in [3.05, 3.63) is 17.8 Å². The van der Waals surface area contributed by atoms with Crippen LogP contribution in [0.3, 0.4) is 0 Å². The largest absolute Gasteiger partial charge is 0.480 e. The Balaban J connectivity index is 1.83. The van der Waals surface area contributed by atoms with Gasteiger partial charge in [-0.1, -0.05) is 0 Å². The zero-order valence-electron chi connectivity index (χ0n) is 14.1. The van der Waals surface area contributed by atoms with Crippen LogP contribution in [0.1, 0.15) is 18.4 Å². The number of likely N-dealkylation sites (tertiary alicyclic amines) is 1. The molecule has 24 heavy (non-hydrogen) atoms. The van der Waals surface area contributed by atoms with Crippen molar-refractivity contribution in [2.24, 2.45) is 0 Å². The number of nitriles is 1. The molecule has 1 aromatic heterocycles. The third kappa shape index (κ3) is 3.61. The zero-order chi connectivity index (χ0) is 17.0. The highest BCUT2D eigenvalue weighted by Crippen LogP contribution is 2.29. The maximum absolute atomic E-state index is 11.1. The summed E-state index contributed by atoms with van der Waals surface area (Å²) >= 11 is 0. The second-order valence-corrected chi connectivity index (χ2v) is 6.51. The summed E-state index contributed by atoms with van der Waals surface area (Å²) in [5, 5.41) is 20.6. The van der Waals surface area contributed by atoms with Crippen molar-refractivity contribution >= 4 is 5.69 Å². The van der Waals surface area contributed by atoms with Gasteiger partial charge in [-0.25, -0.2) is 4.98 Å². The molecule has 2 fully saturated rings. The molecule has 7 nitrogen and oxygen atoms in total. The molecule has 3 heterocycles. The zero-order valence-corrected chi connectivity index (χ0v) is 14.1. The number of hydrogen-bond acceptors (Lipinski definition) is 7. The van der Waals surface area contributed by atoms with Crippen molar-refractivity contribution in [3.63, 3.8) is 0 Å². The first-order chi connectivity index (χ1) is 11.6. The van der Waals surface area contributed by atoms with E-state index >= 15 is 0 Å². The molecule has 0 spiro atoms. The van der Waals surface area contributed by atoms with Crippen LogP contribution in [0.4, 0.5) is 5.69 Å². The first-order valence-electron chi connectivity index (χ1n) is 8.36. The van der Waals surface area contributed by atoms with E-state index in [0.717, 1.165) is 18.8 Å². The van der Waals surface area contributed by atoms with Crippen LogP contribution in [0.2, 0.25) is 0 Å². The molecule has 0 aromatic carbocycles. The van der Waals surface area contributed by atoms with Crippen LogP contribution in [0.15, 0.2) is 12.3 Å². The van der Waals surface area contributed by atoms with E-state index in [1.165, 1.54) is 20.0 Å². The number of methoxy groups -OCH3 is 1. The summed E-state index contributed by atoms with van der Waals surface area (Å²) in [4.78, 5) is 8.38. The molecule has 2 aliphatic heterocycles. The van der Waals surface area contributed by atoms with Crippen LogP contribution >= 0.6 is 0 Å². The van der Waals surface area contributed by atoms with E-state index < -0.39 is 5.60 Å². The summed E-state index contributed by atoms with van der Waals surface area (Å²) < 4.78 is 10.9. The lowest BCUT2D eigenvalue weighted by Crippen LogP contribution is -2.52. The quantitative estimate of drug-likeness (QED) is 0.866. The highest BCUT2D eigenvalue weighted by Gasteiger charge is 2.36. The molecule has 130 valence electrons. The summed E-state index contributed by atoms with van der Waals surface area (Å²) in [6, 6.07) is 3.97. The van der Waals surface area contributed by atoms with Gasteiger partial charge >= 0.3 is 0 Å². The minimum absolute atomic E-state index is 0.309. The number of nitrogens with zero attached hydrogens (tertiary/aromatic N) is 4. The maximum Gasteiger partial charge on any atom is 0.233 e. The fraction of sp³-hybridized carbons (Fsp3) is 0.647. The summed E-state index contributed by atoms with van der Waals surface area (Å²) in [6.45, 7) is 4.49. The Hall–Kier alpha value is -1.88. The van der Waals surface area contributed by atoms with Gasteiger partial charge in [0.15, 0.2) is 0 Å². The number of rotatable bonds is 4. The lowest BCUT2D eigenvalue weighted by Gasteiger charge is -2.35. The minimum atomic E-state index is -0.954. The Bertz CT molecular complexity index is 612.